The molecule has 0 bridgehead atoms. The maximum Gasteiger partial charge on any atom is 0.125 e. The van der Waals surface area contributed by atoms with Gasteiger partial charge in [0.1, 0.15) is 5.82 Å². The zero-order chi connectivity index (χ0) is 14.7. The largest absolute Gasteiger partial charge is 0.371 e. The maximum absolute atomic E-state index is 13.4. The molecule has 3 heteroatoms. The summed E-state index contributed by atoms with van der Waals surface area (Å²) in [5.74, 6) is -0.145. The summed E-state index contributed by atoms with van der Waals surface area (Å²) in [6.07, 6.45) is 2.03. The standard InChI is InChI=1S/C18H21FN2/c1-20-17(14-5-3-2-4-6-14)10-12-21-11-9-15-7-8-16(19)13-18(15)21/h2-8,13,17,20H,9-12H2,1H3. The Morgan fingerprint density at radius 2 is 2.00 bits per heavy atom. The molecule has 0 saturated carbocycles. The zero-order valence-corrected chi connectivity index (χ0v) is 12.3. The lowest BCUT2D eigenvalue weighted by Crippen LogP contribution is -2.27. The second-order valence-electron chi connectivity index (χ2n) is 5.55. The van der Waals surface area contributed by atoms with Crippen LogP contribution in [0.3, 0.4) is 0 Å². The van der Waals surface area contributed by atoms with Crippen LogP contribution in [-0.4, -0.2) is 20.1 Å². The van der Waals surface area contributed by atoms with Crippen molar-refractivity contribution in [2.45, 2.75) is 18.9 Å². The van der Waals surface area contributed by atoms with E-state index < -0.39 is 0 Å². The van der Waals surface area contributed by atoms with Gasteiger partial charge >= 0.3 is 0 Å². The molecule has 2 nitrogen and oxygen atoms in total. The van der Waals surface area contributed by atoms with E-state index in [1.54, 1.807) is 12.1 Å². The third-order valence-electron chi connectivity index (χ3n) is 4.28. The molecule has 0 aliphatic carbocycles. The Labute approximate surface area is 125 Å². The SMILES string of the molecule is CNC(CCN1CCc2ccc(F)cc21)c1ccccc1. The fourth-order valence-corrected chi connectivity index (χ4v) is 3.10. The van der Waals surface area contributed by atoms with Crippen molar-refractivity contribution in [3.05, 3.63) is 65.5 Å². The van der Waals surface area contributed by atoms with Crippen LogP contribution in [0.2, 0.25) is 0 Å². The van der Waals surface area contributed by atoms with Crippen molar-refractivity contribution >= 4 is 5.69 Å². The Kier molecular flexibility index (Phi) is 4.20. The van der Waals surface area contributed by atoms with Gasteiger partial charge in [-0.3, -0.25) is 0 Å². The van der Waals surface area contributed by atoms with Crippen LogP contribution in [0.5, 0.6) is 0 Å². The molecule has 1 atom stereocenters. The molecule has 0 amide bonds. The first kappa shape index (κ1) is 14.1. The van der Waals surface area contributed by atoms with Gasteiger partial charge < -0.3 is 10.2 Å². The highest BCUT2D eigenvalue weighted by molar-refractivity contribution is 5.58. The van der Waals surface area contributed by atoms with E-state index in [9.17, 15) is 4.39 Å². The van der Waals surface area contributed by atoms with Gasteiger partial charge in [0.15, 0.2) is 0 Å². The molecule has 0 aromatic heterocycles. The van der Waals surface area contributed by atoms with Crippen molar-refractivity contribution in [3.8, 4) is 0 Å². The van der Waals surface area contributed by atoms with Crippen LogP contribution >= 0.6 is 0 Å². The van der Waals surface area contributed by atoms with E-state index in [0.717, 1.165) is 31.6 Å². The molecule has 1 N–H and O–H groups in total. The lowest BCUT2D eigenvalue weighted by molar-refractivity contribution is 0.544. The summed E-state index contributed by atoms with van der Waals surface area (Å²) in [5.41, 5.74) is 3.63. The Morgan fingerprint density at radius 1 is 1.19 bits per heavy atom. The van der Waals surface area contributed by atoms with Crippen molar-refractivity contribution in [1.29, 1.82) is 0 Å². The van der Waals surface area contributed by atoms with Gasteiger partial charge in [0.2, 0.25) is 0 Å². The molecule has 2 aromatic carbocycles. The van der Waals surface area contributed by atoms with E-state index in [1.807, 2.05) is 19.2 Å². The fraction of sp³-hybridized carbons (Fsp3) is 0.333. The molecule has 21 heavy (non-hydrogen) atoms. The lowest BCUT2D eigenvalue weighted by Gasteiger charge is -2.23. The molecule has 1 unspecified atom stereocenters. The Hall–Kier alpha value is -1.87. The van der Waals surface area contributed by atoms with E-state index in [4.69, 9.17) is 0 Å². The summed E-state index contributed by atoms with van der Waals surface area (Å²) in [5, 5.41) is 3.38. The number of nitrogens with zero attached hydrogens (tertiary/aromatic N) is 1. The third-order valence-corrected chi connectivity index (χ3v) is 4.28. The molecule has 3 rings (SSSR count). The minimum absolute atomic E-state index is 0.145. The van der Waals surface area contributed by atoms with Gasteiger partial charge in [-0.15, -0.1) is 0 Å². The van der Waals surface area contributed by atoms with Crippen LogP contribution in [0.25, 0.3) is 0 Å². The molecule has 0 fully saturated rings. The van der Waals surface area contributed by atoms with E-state index in [0.29, 0.717) is 6.04 Å². The molecule has 0 spiro atoms. The van der Waals surface area contributed by atoms with Gasteiger partial charge in [0, 0.05) is 24.8 Å². The number of benzene rings is 2. The van der Waals surface area contributed by atoms with Crippen molar-refractivity contribution in [3.63, 3.8) is 0 Å². The van der Waals surface area contributed by atoms with Crippen LogP contribution in [0, 0.1) is 5.82 Å². The number of rotatable bonds is 5. The number of fused-ring (bicyclic) bond motifs is 1. The van der Waals surface area contributed by atoms with Gasteiger partial charge in [-0.05, 0) is 43.1 Å². The molecule has 1 aliphatic rings. The van der Waals surface area contributed by atoms with Gasteiger partial charge in [0.05, 0.1) is 0 Å². The highest BCUT2D eigenvalue weighted by atomic mass is 19.1. The number of nitrogens with one attached hydrogen (secondary N) is 1. The van der Waals surface area contributed by atoms with Crippen molar-refractivity contribution in [2.75, 3.05) is 25.0 Å². The van der Waals surface area contributed by atoms with E-state index >= 15 is 0 Å². The fourth-order valence-electron chi connectivity index (χ4n) is 3.10. The third kappa shape index (κ3) is 3.08. The van der Waals surface area contributed by atoms with Crippen molar-refractivity contribution in [2.24, 2.45) is 0 Å². The summed E-state index contributed by atoms with van der Waals surface area (Å²) < 4.78 is 13.4. The second-order valence-corrected chi connectivity index (χ2v) is 5.55. The Balaban J connectivity index is 1.67. The summed E-state index contributed by atoms with van der Waals surface area (Å²) in [4.78, 5) is 2.30. The average molecular weight is 284 g/mol. The normalized spacial score (nSPS) is 15.0. The summed E-state index contributed by atoms with van der Waals surface area (Å²) in [6, 6.07) is 16.0. The van der Waals surface area contributed by atoms with Crippen LogP contribution in [0.1, 0.15) is 23.6 Å². The maximum atomic E-state index is 13.4. The molecule has 110 valence electrons. The van der Waals surface area contributed by atoms with Crippen molar-refractivity contribution < 1.29 is 4.39 Å². The number of anilines is 1. The summed E-state index contributed by atoms with van der Waals surface area (Å²) >= 11 is 0. The van der Waals surface area contributed by atoms with Crippen LogP contribution < -0.4 is 10.2 Å². The van der Waals surface area contributed by atoms with Gasteiger partial charge in [-0.25, -0.2) is 4.39 Å². The number of halogens is 1. The molecule has 0 radical (unpaired) electrons. The Morgan fingerprint density at radius 3 is 2.76 bits per heavy atom. The number of hydrogen-bond donors (Lipinski definition) is 1. The molecule has 0 saturated heterocycles. The smallest absolute Gasteiger partial charge is 0.125 e. The molecule has 1 aliphatic heterocycles. The van der Waals surface area contributed by atoms with Gasteiger partial charge in [-0.1, -0.05) is 36.4 Å². The predicted molar refractivity (Wildman–Crippen MR) is 85.2 cm³/mol. The summed E-state index contributed by atoms with van der Waals surface area (Å²) in [7, 11) is 2.00. The molecular weight excluding hydrogens is 263 g/mol. The molecule has 2 aromatic rings. The average Bonchev–Trinajstić information content (AvgIpc) is 2.91. The van der Waals surface area contributed by atoms with Crippen LogP contribution in [-0.2, 0) is 6.42 Å². The highest BCUT2D eigenvalue weighted by Crippen LogP contribution is 2.29. The minimum atomic E-state index is -0.145. The minimum Gasteiger partial charge on any atom is -0.371 e. The van der Waals surface area contributed by atoms with E-state index in [-0.39, 0.29) is 5.82 Å². The molecule has 1 heterocycles. The van der Waals surface area contributed by atoms with Crippen LogP contribution in [0.4, 0.5) is 10.1 Å². The first-order chi connectivity index (χ1) is 10.3. The Bertz CT molecular complexity index is 597. The molecular formula is C18H21FN2. The van der Waals surface area contributed by atoms with Gasteiger partial charge in [0.25, 0.3) is 0 Å². The first-order valence-electron chi connectivity index (χ1n) is 7.53. The summed E-state index contributed by atoms with van der Waals surface area (Å²) in [6.45, 7) is 1.93. The predicted octanol–water partition coefficient (Wildman–Crippen LogP) is 3.54. The van der Waals surface area contributed by atoms with Crippen LogP contribution in [0.15, 0.2) is 48.5 Å². The van der Waals surface area contributed by atoms with E-state index in [2.05, 4.69) is 34.5 Å². The highest BCUT2D eigenvalue weighted by Gasteiger charge is 2.20. The number of hydrogen-bond acceptors (Lipinski definition) is 2. The zero-order valence-electron chi connectivity index (χ0n) is 12.3. The second kappa shape index (κ2) is 6.27. The first-order valence-corrected chi connectivity index (χ1v) is 7.53. The van der Waals surface area contributed by atoms with E-state index in [1.165, 1.54) is 11.1 Å². The van der Waals surface area contributed by atoms with Crippen molar-refractivity contribution in [1.82, 2.24) is 5.32 Å². The lowest BCUT2D eigenvalue weighted by atomic mass is 10.0. The topological polar surface area (TPSA) is 15.3 Å². The quantitative estimate of drug-likeness (QED) is 0.903. The van der Waals surface area contributed by atoms with Gasteiger partial charge in [-0.2, -0.15) is 0 Å². The monoisotopic (exact) mass is 284 g/mol.